The van der Waals surface area contributed by atoms with Crippen molar-refractivity contribution in [1.82, 2.24) is 4.90 Å². The predicted octanol–water partition coefficient (Wildman–Crippen LogP) is 6.51. The number of rotatable bonds is 4. The minimum atomic E-state index is -0.632. The van der Waals surface area contributed by atoms with E-state index in [1.54, 1.807) is 23.1 Å². The molecule has 4 nitrogen and oxygen atoms in total. The van der Waals surface area contributed by atoms with E-state index in [1.807, 2.05) is 62.4 Å². The summed E-state index contributed by atoms with van der Waals surface area (Å²) < 4.78 is 0. The summed E-state index contributed by atoms with van der Waals surface area (Å²) in [6.45, 7) is 3.88. The van der Waals surface area contributed by atoms with Crippen LogP contribution in [0.25, 0.3) is 0 Å². The van der Waals surface area contributed by atoms with Gasteiger partial charge in [0.15, 0.2) is 0 Å². The van der Waals surface area contributed by atoms with Crippen LogP contribution < -0.4 is 5.32 Å². The van der Waals surface area contributed by atoms with E-state index in [0.717, 1.165) is 16.7 Å². The number of nitrogens with one attached hydrogen (secondary N) is 1. The first kappa shape index (κ1) is 22.7. The molecule has 1 saturated heterocycles. The van der Waals surface area contributed by atoms with Crippen molar-refractivity contribution in [2.75, 3.05) is 11.1 Å². The summed E-state index contributed by atoms with van der Waals surface area (Å²) in [6, 6.07) is 19.7. The smallest absolute Gasteiger partial charge is 0.256 e. The highest BCUT2D eigenvalue weighted by Crippen LogP contribution is 2.44. The molecule has 2 amide bonds. The fraction of sp³-hybridized carbons (Fsp3) is 0.200. The summed E-state index contributed by atoms with van der Waals surface area (Å²) in [5.74, 6) is 0.0688. The van der Waals surface area contributed by atoms with Gasteiger partial charge in [-0.2, -0.15) is 0 Å². The third-order valence-electron chi connectivity index (χ3n) is 5.46. The van der Waals surface area contributed by atoms with E-state index in [4.69, 9.17) is 23.2 Å². The third kappa shape index (κ3) is 4.65. The molecular weight excluding hydrogens is 463 g/mol. The van der Waals surface area contributed by atoms with E-state index in [9.17, 15) is 9.59 Å². The van der Waals surface area contributed by atoms with Crippen molar-refractivity contribution in [3.05, 3.63) is 99.0 Å². The summed E-state index contributed by atoms with van der Waals surface area (Å²) in [5.41, 5.74) is 4.08. The molecule has 0 aromatic heterocycles. The number of benzene rings is 3. The molecule has 4 rings (SSSR count). The predicted molar refractivity (Wildman–Crippen MR) is 133 cm³/mol. The molecule has 3 aromatic carbocycles. The molecule has 0 aliphatic carbocycles. The van der Waals surface area contributed by atoms with Crippen LogP contribution in [-0.2, 0) is 4.79 Å². The van der Waals surface area contributed by atoms with Crippen molar-refractivity contribution >= 4 is 52.5 Å². The summed E-state index contributed by atoms with van der Waals surface area (Å²) in [6.07, 6.45) is 0. The second kappa shape index (κ2) is 9.57. The Bertz CT molecular complexity index is 1170. The number of aryl methyl sites for hydroxylation is 2. The minimum absolute atomic E-state index is 0.187. The van der Waals surface area contributed by atoms with E-state index >= 15 is 0 Å². The fourth-order valence-electron chi connectivity index (χ4n) is 3.69. The van der Waals surface area contributed by atoms with Crippen LogP contribution in [0.5, 0.6) is 0 Å². The Balaban J connectivity index is 1.69. The summed E-state index contributed by atoms with van der Waals surface area (Å²) in [4.78, 5) is 28.6. The number of thioether (sulfide) groups is 1. The molecule has 0 saturated carbocycles. The summed E-state index contributed by atoms with van der Waals surface area (Å²) in [7, 11) is 0. The summed E-state index contributed by atoms with van der Waals surface area (Å²) >= 11 is 13.9. The zero-order chi connectivity index (χ0) is 22.8. The van der Waals surface area contributed by atoms with Crippen LogP contribution >= 0.6 is 35.0 Å². The number of carbonyl (C=O) groups is 2. The average molecular weight is 485 g/mol. The molecule has 2 unspecified atom stereocenters. The molecule has 0 spiro atoms. The Kier molecular flexibility index (Phi) is 6.79. The van der Waals surface area contributed by atoms with E-state index in [2.05, 4.69) is 5.32 Å². The van der Waals surface area contributed by atoms with Gasteiger partial charge in [-0.3, -0.25) is 9.59 Å². The molecule has 0 bridgehead atoms. The van der Waals surface area contributed by atoms with E-state index in [-0.39, 0.29) is 17.2 Å². The van der Waals surface area contributed by atoms with Crippen molar-refractivity contribution in [2.45, 2.75) is 25.3 Å². The number of amides is 2. The largest absolute Gasteiger partial charge is 0.324 e. The van der Waals surface area contributed by atoms with E-state index in [0.29, 0.717) is 27.0 Å². The van der Waals surface area contributed by atoms with Crippen LogP contribution in [0.1, 0.15) is 32.4 Å². The van der Waals surface area contributed by atoms with Gasteiger partial charge in [0.2, 0.25) is 5.91 Å². The number of halogens is 2. The van der Waals surface area contributed by atoms with E-state index in [1.165, 1.54) is 11.8 Å². The fourth-order valence-corrected chi connectivity index (χ4v) is 5.42. The molecule has 1 N–H and O–H groups in total. The van der Waals surface area contributed by atoms with Crippen molar-refractivity contribution in [2.24, 2.45) is 0 Å². The van der Waals surface area contributed by atoms with Crippen LogP contribution in [0, 0.1) is 13.8 Å². The first-order valence-corrected chi connectivity index (χ1v) is 12.0. The molecule has 32 heavy (non-hydrogen) atoms. The molecule has 2 atom stereocenters. The monoisotopic (exact) mass is 484 g/mol. The molecule has 1 aliphatic rings. The van der Waals surface area contributed by atoms with Gasteiger partial charge >= 0.3 is 0 Å². The maximum Gasteiger partial charge on any atom is 0.256 e. The quantitative estimate of drug-likeness (QED) is 0.459. The molecule has 1 fully saturated rings. The molecular formula is C25H22Cl2N2O2S. The van der Waals surface area contributed by atoms with Crippen molar-refractivity contribution < 1.29 is 9.59 Å². The first-order valence-electron chi connectivity index (χ1n) is 10.2. The SMILES string of the molecule is Cc1ccc(NC(=O)C2CSC(c3ccc(Cl)c(Cl)c3)N2C(=O)c2ccccc2C)cc1. The van der Waals surface area contributed by atoms with Gasteiger partial charge in [0.25, 0.3) is 5.91 Å². The lowest BCUT2D eigenvalue weighted by Crippen LogP contribution is -2.45. The number of anilines is 1. The highest BCUT2D eigenvalue weighted by atomic mass is 35.5. The van der Waals surface area contributed by atoms with E-state index < -0.39 is 6.04 Å². The second-order valence-electron chi connectivity index (χ2n) is 7.76. The van der Waals surface area contributed by atoms with Crippen LogP contribution in [0.15, 0.2) is 66.7 Å². The number of nitrogens with zero attached hydrogens (tertiary/aromatic N) is 1. The Hall–Kier alpha value is -2.47. The highest BCUT2D eigenvalue weighted by molar-refractivity contribution is 7.99. The van der Waals surface area contributed by atoms with Gasteiger partial charge < -0.3 is 10.2 Å². The normalized spacial score (nSPS) is 17.9. The van der Waals surface area contributed by atoms with Gasteiger partial charge in [-0.05, 0) is 55.3 Å². The number of hydrogen-bond acceptors (Lipinski definition) is 3. The third-order valence-corrected chi connectivity index (χ3v) is 7.52. The Morgan fingerprint density at radius 2 is 1.69 bits per heavy atom. The Morgan fingerprint density at radius 1 is 0.969 bits per heavy atom. The molecule has 3 aromatic rings. The van der Waals surface area contributed by atoms with Gasteiger partial charge in [-0.1, -0.05) is 65.2 Å². The van der Waals surface area contributed by atoms with Crippen molar-refractivity contribution in [1.29, 1.82) is 0 Å². The van der Waals surface area contributed by atoms with Crippen molar-refractivity contribution in [3.63, 3.8) is 0 Å². The number of carbonyl (C=O) groups excluding carboxylic acids is 2. The van der Waals surface area contributed by atoms with Crippen LogP contribution in [-0.4, -0.2) is 28.5 Å². The maximum absolute atomic E-state index is 13.7. The maximum atomic E-state index is 13.7. The van der Waals surface area contributed by atoms with Gasteiger partial charge in [0.1, 0.15) is 11.4 Å². The zero-order valence-electron chi connectivity index (χ0n) is 17.6. The molecule has 7 heteroatoms. The minimum Gasteiger partial charge on any atom is -0.324 e. The molecule has 0 radical (unpaired) electrons. The van der Waals surface area contributed by atoms with Gasteiger partial charge in [-0.15, -0.1) is 11.8 Å². The Labute approximate surface area is 201 Å². The van der Waals surface area contributed by atoms with Gasteiger partial charge in [0.05, 0.1) is 10.0 Å². The zero-order valence-corrected chi connectivity index (χ0v) is 20.0. The summed E-state index contributed by atoms with van der Waals surface area (Å²) in [5, 5.41) is 3.47. The standard InChI is InChI=1S/C25H22Cl2N2O2S/c1-15-7-10-18(11-8-15)28-23(30)22-14-32-25(17-9-12-20(26)21(27)13-17)29(22)24(31)19-6-4-3-5-16(19)2/h3-13,22,25H,14H2,1-2H3,(H,28,30). The molecule has 1 heterocycles. The topological polar surface area (TPSA) is 49.4 Å². The number of hydrogen-bond donors (Lipinski definition) is 1. The molecule has 164 valence electrons. The molecule has 1 aliphatic heterocycles. The first-order chi connectivity index (χ1) is 15.3. The van der Waals surface area contributed by atoms with Crippen molar-refractivity contribution in [3.8, 4) is 0 Å². The highest BCUT2D eigenvalue weighted by Gasteiger charge is 2.43. The van der Waals surface area contributed by atoms with Gasteiger partial charge in [-0.25, -0.2) is 0 Å². The second-order valence-corrected chi connectivity index (χ2v) is 9.69. The van der Waals surface area contributed by atoms with Crippen LogP contribution in [0.4, 0.5) is 5.69 Å². The Morgan fingerprint density at radius 3 is 2.38 bits per heavy atom. The lowest BCUT2D eigenvalue weighted by Gasteiger charge is -2.30. The lowest BCUT2D eigenvalue weighted by molar-refractivity contribution is -0.119. The lowest BCUT2D eigenvalue weighted by atomic mass is 10.1. The average Bonchev–Trinajstić information content (AvgIpc) is 3.22. The van der Waals surface area contributed by atoms with Gasteiger partial charge in [0, 0.05) is 17.0 Å². The van der Waals surface area contributed by atoms with Crippen LogP contribution in [0.2, 0.25) is 10.0 Å². The van der Waals surface area contributed by atoms with Crippen LogP contribution in [0.3, 0.4) is 0 Å².